The molecule has 316 valence electrons. The van der Waals surface area contributed by atoms with Gasteiger partial charge in [0.15, 0.2) is 0 Å². The number of carbonyl (C=O) groups is 2. The van der Waals surface area contributed by atoms with Crippen molar-refractivity contribution in [2.75, 3.05) is 28.4 Å². The molecule has 0 fully saturated rings. The highest BCUT2D eigenvalue weighted by atomic mass is 16.5. The SMILES string of the molecule is COc1ccccc1C(O)(c1ccccc1OC)[C@@H](Cc1ccccc1)NC(=O)C(C)(C)C(=O)N[C@H](Cc1ccccc1)C(O)(c1ccccc1OC)c1ccccc1OC. The van der Waals surface area contributed by atoms with Crippen molar-refractivity contribution in [1.29, 1.82) is 0 Å². The molecule has 6 aromatic rings. The molecular formula is C51H54N2O8. The van der Waals surface area contributed by atoms with Gasteiger partial charge in [-0.25, -0.2) is 0 Å². The van der Waals surface area contributed by atoms with Gasteiger partial charge < -0.3 is 39.8 Å². The standard InChI is InChI=1S/C51H54N2O8/c1-49(2,47(54)52-45(33-35-21-9-7-10-22-35)50(56,37-25-13-17-29-41(37)58-3)38-26-14-18-30-42(38)59-4)48(55)53-46(34-36-23-11-8-12-24-36)51(57,39-27-15-19-31-43(39)60-5)40-28-16-20-32-44(40)61-6/h7-32,45-46,56-57H,33-34H2,1-6H3,(H,52,54)(H,53,55)/t45-,46-/m1/s1. The summed E-state index contributed by atoms with van der Waals surface area (Å²) in [5.74, 6) is 0.190. The molecule has 0 radical (unpaired) electrons. The molecule has 0 aliphatic rings. The number of carbonyl (C=O) groups excluding carboxylic acids is 2. The summed E-state index contributed by atoms with van der Waals surface area (Å²) in [7, 11) is 6.07. The lowest BCUT2D eigenvalue weighted by Gasteiger charge is -2.41. The molecule has 0 aromatic heterocycles. The number of nitrogens with one attached hydrogen (secondary N) is 2. The second kappa shape index (κ2) is 19.2. The predicted molar refractivity (Wildman–Crippen MR) is 236 cm³/mol. The molecule has 4 N–H and O–H groups in total. The van der Waals surface area contributed by atoms with E-state index in [-0.39, 0.29) is 12.8 Å². The van der Waals surface area contributed by atoms with Gasteiger partial charge in [-0.15, -0.1) is 0 Å². The Morgan fingerprint density at radius 3 is 0.951 bits per heavy atom. The van der Waals surface area contributed by atoms with Crippen LogP contribution in [0.4, 0.5) is 0 Å². The van der Waals surface area contributed by atoms with E-state index in [1.54, 1.807) is 97.1 Å². The Bertz CT molecular complexity index is 2140. The predicted octanol–water partition coefficient (Wildman–Crippen LogP) is 7.37. The molecule has 0 saturated heterocycles. The summed E-state index contributed by atoms with van der Waals surface area (Å²) in [4.78, 5) is 30.0. The molecule has 61 heavy (non-hydrogen) atoms. The second-order valence-electron chi connectivity index (χ2n) is 15.4. The highest BCUT2D eigenvalue weighted by molar-refractivity contribution is 6.04. The van der Waals surface area contributed by atoms with Crippen molar-refractivity contribution in [1.82, 2.24) is 10.6 Å². The zero-order chi connectivity index (χ0) is 43.6. The summed E-state index contributed by atoms with van der Waals surface area (Å²) in [5, 5.41) is 33.0. The van der Waals surface area contributed by atoms with Crippen LogP contribution in [0, 0.1) is 5.41 Å². The molecule has 10 nitrogen and oxygen atoms in total. The van der Waals surface area contributed by atoms with Gasteiger partial charge in [0.1, 0.15) is 39.6 Å². The van der Waals surface area contributed by atoms with Crippen LogP contribution in [0.15, 0.2) is 158 Å². The number of ether oxygens (including phenoxy) is 4. The van der Waals surface area contributed by atoms with E-state index in [0.717, 1.165) is 11.1 Å². The number of hydrogen-bond donors (Lipinski definition) is 4. The molecule has 0 bridgehead atoms. The van der Waals surface area contributed by atoms with E-state index in [4.69, 9.17) is 18.9 Å². The van der Waals surface area contributed by atoms with Crippen LogP contribution in [0.3, 0.4) is 0 Å². The number of methoxy groups -OCH3 is 4. The summed E-state index contributed by atoms with van der Waals surface area (Å²) in [6.07, 6.45) is 0.295. The summed E-state index contributed by atoms with van der Waals surface area (Å²) in [6.45, 7) is 3.04. The largest absolute Gasteiger partial charge is 0.496 e. The molecule has 0 aliphatic carbocycles. The van der Waals surface area contributed by atoms with Crippen molar-refractivity contribution in [2.45, 2.75) is 50.0 Å². The Labute approximate surface area is 358 Å². The van der Waals surface area contributed by atoms with E-state index < -0.39 is 40.5 Å². The minimum Gasteiger partial charge on any atom is -0.496 e. The smallest absolute Gasteiger partial charge is 0.235 e. The van der Waals surface area contributed by atoms with Gasteiger partial charge in [0, 0.05) is 22.3 Å². The number of aliphatic hydroxyl groups is 2. The van der Waals surface area contributed by atoms with Gasteiger partial charge in [-0.3, -0.25) is 9.59 Å². The van der Waals surface area contributed by atoms with Gasteiger partial charge in [-0.2, -0.15) is 0 Å². The fraction of sp³-hybridized carbons (Fsp3) is 0.255. The zero-order valence-corrected chi connectivity index (χ0v) is 35.4. The third-order valence-corrected chi connectivity index (χ3v) is 11.4. The number of benzene rings is 6. The molecule has 0 aliphatic heterocycles. The van der Waals surface area contributed by atoms with Gasteiger partial charge >= 0.3 is 0 Å². The number of para-hydroxylation sites is 4. The molecule has 0 unspecified atom stereocenters. The summed E-state index contributed by atoms with van der Waals surface area (Å²) in [5.41, 5.74) is -2.53. The first-order valence-corrected chi connectivity index (χ1v) is 20.1. The Morgan fingerprint density at radius 1 is 0.443 bits per heavy atom. The lowest BCUT2D eigenvalue weighted by atomic mass is 9.75. The Balaban J connectivity index is 1.47. The Morgan fingerprint density at radius 2 is 0.689 bits per heavy atom. The lowest BCUT2D eigenvalue weighted by Crippen LogP contribution is -2.60. The number of amides is 2. The Hall–Kier alpha value is -6.62. The van der Waals surface area contributed by atoms with Crippen LogP contribution < -0.4 is 29.6 Å². The first-order valence-electron chi connectivity index (χ1n) is 20.1. The minimum atomic E-state index is -1.96. The van der Waals surface area contributed by atoms with Crippen LogP contribution >= 0.6 is 0 Å². The molecule has 6 aromatic carbocycles. The van der Waals surface area contributed by atoms with Crippen molar-refractivity contribution in [3.8, 4) is 23.0 Å². The van der Waals surface area contributed by atoms with E-state index in [1.165, 1.54) is 42.3 Å². The molecule has 10 heteroatoms. The first kappa shape index (κ1) is 43.9. The van der Waals surface area contributed by atoms with E-state index >= 15 is 9.59 Å². The topological polar surface area (TPSA) is 136 Å². The molecule has 2 atom stereocenters. The lowest BCUT2D eigenvalue weighted by molar-refractivity contribution is -0.144. The minimum absolute atomic E-state index is 0.148. The van der Waals surface area contributed by atoms with Gasteiger partial charge in [0.25, 0.3) is 0 Å². The molecule has 0 heterocycles. The van der Waals surface area contributed by atoms with Gasteiger partial charge in [-0.1, -0.05) is 133 Å². The summed E-state index contributed by atoms with van der Waals surface area (Å²) in [6, 6.07) is 45.1. The maximum atomic E-state index is 15.0. The monoisotopic (exact) mass is 822 g/mol. The van der Waals surface area contributed by atoms with Crippen molar-refractivity contribution in [3.05, 3.63) is 191 Å². The van der Waals surface area contributed by atoms with Crippen LogP contribution in [0.5, 0.6) is 23.0 Å². The molecular weight excluding hydrogens is 769 g/mol. The van der Waals surface area contributed by atoms with Crippen LogP contribution in [-0.2, 0) is 33.6 Å². The van der Waals surface area contributed by atoms with Crippen molar-refractivity contribution in [2.24, 2.45) is 5.41 Å². The van der Waals surface area contributed by atoms with Gasteiger partial charge in [0.05, 0.1) is 40.5 Å². The maximum absolute atomic E-state index is 15.0. The average Bonchev–Trinajstić information content (AvgIpc) is 3.31. The zero-order valence-electron chi connectivity index (χ0n) is 35.4. The van der Waals surface area contributed by atoms with E-state index in [0.29, 0.717) is 45.3 Å². The van der Waals surface area contributed by atoms with Crippen LogP contribution in [-0.4, -0.2) is 62.6 Å². The first-order chi connectivity index (χ1) is 29.4. The highest BCUT2D eigenvalue weighted by Gasteiger charge is 2.50. The van der Waals surface area contributed by atoms with E-state index in [2.05, 4.69) is 10.6 Å². The van der Waals surface area contributed by atoms with Crippen molar-refractivity contribution < 1.29 is 38.7 Å². The average molecular weight is 823 g/mol. The highest BCUT2D eigenvalue weighted by Crippen LogP contribution is 2.45. The molecule has 2 amide bonds. The summed E-state index contributed by atoms with van der Waals surface area (Å²) >= 11 is 0. The normalized spacial score (nSPS) is 12.7. The second-order valence-corrected chi connectivity index (χ2v) is 15.4. The quantitative estimate of drug-likeness (QED) is 0.0661. The van der Waals surface area contributed by atoms with E-state index in [9.17, 15) is 10.2 Å². The van der Waals surface area contributed by atoms with Crippen molar-refractivity contribution >= 4 is 11.8 Å². The fourth-order valence-electron chi connectivity index (χ4n) is 7.97. The van der Waals surface area contributed by atoms with Crippen LogP contribution in [0.1, 0.15) is 47.2 Å². The number of rotatable bonds is 18. The van der Waals surface area contributed by atoms with Gasteiger partial charge in [0.2, 0.25) is 11.8 Å². The third kappa shape index (κ3) is 8.96. The van der Waals surface area contributed by atoms with Crippen LogP contribution in [0.25, 0.3) is 0 Å². The number of hydrogen-bond acceptors (Lipinski definition) is 8. The molecule has 6 rings (SSSR count). The Kier molecular flexibility index (Phi) is 13.8. The van der Waals surface area contributed by atoms with E-state index in [1.807, 2.05) is 60.7 Å². The third-order valence-electron chi connectivity index (χ3n) is 11.4. The van der Waals surface area contributed by atoms with Gasteiger partial charge in [-0.05, 0) is 62.1 Å². The summed E-state index contributed by atoms with van der Waals surface area (Å²) < 4.78 is 23.2. The maximum Gasteiger partial charge on any atom is 0.235 e. The molecule has 0 spiro atoms. The van der Waals surface area contributed by atoms with Crippen LogP contribution in [0.2, 0.25) is 0 Å². The van der Waals surface area contributed by atoms with Crippen molar-refractivity contribution in [3.63, 3.8) is 0 Å². The fourth-order valence-corrected chi connectivity index (χ4v) is 7.97. The molecule has 0 saturated carbocycles.